The number of aliphatic carboxylic acids is 1. The number of rotatable bonds is 12. The van der Waals surface area contributed by atoms with Crippen LogP contribution in [0.4, 0.5) is 4.79 Å². The molecule has 0 heterocycles. The number of hydrogen-bond acceptors (Lipinski definition) is 4. The summed E-state index contributed by atoms with van der Waals surface area (Å²) in [5.41, 5.74) is 6.07. The van der Waals surface area contributed by atoms with Crippen molar-refractivity contribution in [2.75, 3.05) is 6.61 Å². The van der Waals surface area contributed by atoms with Crippen molar-refractivity contribution in [2.24, 2.45) is 0 Å². The zero-order valence-electron chi connectivity index (χ0n) is 25.8. The predicted octanol–water partition coefficient (Wildman–Crippen LogP) is 7.26. The molecule has 236 valence electrons. The first-order valence-electron chi connectivity index (χ1n) is 15.8. The monoisotopic (exact) mass is 624 g/mol. The van der Waals surface area contributed by atoms with Gasteiger partial charge in [0.2, 0.25) is 5.91 Å². The van der Waals surface area contributed by atoms with Crippen molar-refractivity contribution in [2.45, 2.75) is 36.8 Å². The zero-order valence-corrected chi connectivity index (χ0v) is 25.8. The molecule has 0 fully saturated rings. The summed E-state index contributed by atoms with van der Waals surface area (Å²) in [6, 6.07) is 44.2. The summed E-state index contributed by atoms with van der Waals surface area (Å²) in [5.74, 6) is -1.57. The SMILES string of the molecule is O=C(CCCC(NC(=O)OCC1c2ccccc2-c2ccccc21)C(=O)O)NC(c1ccccc1)(c1ccccc1)c1ccccc1. The van der Waals surface area contributed by atoms with E-state index in [0.29, 0.717) is 0 Å². The number of alkyl carbamates (subject to hydrolysis) is 1. The maximum absolute atomic E-state index is 13.6. The van der Waals surface area contributed by atoms with Gasteiger partial charge in [-0.25, -0.2) is 9.59 Å². The van der Waals surface area contributed by atoms with Crippen molar-refractivity contribution >= 4 is 18.0 Å². The van der Waals surface area contributed by atoms with Crippen molar-refractivity contribution in [1.29, 1.82) is 0 Å². The first-order valence-corrected chi connectivity index (χ1v) is 15.8. The number of carboxylic acid groups (broad SMARTS) is 1. The summed E-state index contributed by atoms with van der Waals surface area (Å²) >= 11 is 0. The molecular weight excluding hydrogens is 588 g/mol. The average molecular weight is 625 g/mol. The Balaban J connectivity index is 1.11. The van der Waals surface area contributed by atoms with Gasteiger partial charge >= 0.3 is 12.1 Å². The topological polar surface area (TPSA) is 105 Å². The molecule has 1 aliphatic rings. The normalized spacial score (nSPS) is 12.8. The molecule has 0 aliphatic heterocycles. The second-order valence-electron chi connectivity index (χ2n) is 11.6. The Bertz CT molecular complexity index is 1700. The minimum absolute atomic E-state index is 0.0575. The number of ether oxygens (including phenoxy) is 1. The Morgan fingerprint density at radius 2 is 1.11 bits per heavy atom. The van der Waals surface area contributed by atoms with Gasteiger partial charge in [0.05, 0.1) is 0 Å². The predicted molar refractivity (Wildman–Crippen MR) is 181 cm³/mol. The number of benzene rings is 5. The van der Waals surface area contributed by atoms with Crippen molar-refractivity contribution < 1.29 is 24.2 Å². The summed E-state index contributed by atoms with van der Waals surface area (Å²) in [5, 5.41) is 15.7. The largest absolute Gasteiger partial charge is 0.480 e. The van der Waals surface area contributed by atoms with E-state index >= 15 is 0 Å². The lowest BCUT2D eigenvalue weighted by Crippen LogP contribution is -2.48. The lowest BCUT2D eigenvalue weighted by Gasteiger charge is -2.37. The van der Waals surface area contributed by atoms with Gasteiger partial charge in [-0.2, -0.15) is 0 Å². The lowest BCUT2D eigenvalue weighted by atomic mass is 9.77. The second kappa shape index (κ2) is 14.2. The second-order valence-corrected chi connectivity index (χ2v) is 11.6. The maximum Gasteiger partial charge on any atom is 0.407 e. The average Bonchev–Trinajstić information content (AvgIpc) is 3.44. The molecule has 5 aromatic rings. The van der Waals surface area contributed by atoms with E-state index < -0.39 is 23.6 Å². The lowest BCUT2D eigenvalue weighted by molar-refractivity contribution is -0.139. The van der Waals surface area contributed by atoms with E-state index in [-0.39, 0.29) is 37.7 Å². The van der Waals surface area contributed by atoms with Crippen LogP contribution in [0.25, 0.3) is 11.1 Å². The summed E-state index contributed by atoms with van der Waals surface area (Å²) in [7, 11) is 0. The summed E-state index contributed by atoms with van der Waals surface area (Å²) in [6.45, 7) is 0.0785. The summed E-state index contributed by atoms with van der Waals surface area (Å²) < 4.78 is 5.57. The molecule has 0 radical (unpaired) electrons. The van der Waals surface area contributed by atoms with Gasteiger partial charge in [-0.3, -0.25) is 4.79 Å². The minimum atomic E-state index is -1.21. The highest BCUT2D eigenvalue weighted by atomic mass is 16.5. The highest BCUT2D eigenvalue weighted by Crippen LogP contribution is 2.44. The molecule has 0 saturated heterocycles. The highest BCUT2D eigenvalue weighted by Gasteiger charge is 2.38. The number of carboxylic acids is 1. The van der Waals surface area contributed by atoms with E-state index in [4.69, 9.17) is 4.74 Å². The Hall–Kier alpha value is -5.69. The van der Waals surface area contributed by atoms with Crippen molar-refractivity contribution in [1.82, 2.24) is 10.6 Å². The van der Waals surface area contributed by atoms with Gasteiger partial charge in [0.15, 0.2) is 0 Å². The van der Waals surface area contributed by atoms with Crippen LogP contribution >= 0.6 is 0 Å². The van der Waals surface area contributed by atoms with Gasteiger partial charge in [-0.05, 0) is 51.8 Å². The summed E-state index contributed by atoms with van der Waals surface area (Å²) in [6.07, 6.45) is -0.451. The van der Waals surface area contributed by atoms with Gasteiger partial charge in [0.1, 0.15) is 18.2 Å². The molecule has 7 heteroatoms. The number of nitrogens with one attached hydrogen (secondary N) is 2. The molecule has 1 atom stereocenters. The number of carbonyl (C=O) groups excluding carboxylic acids is 2. The molecule has 1 aliphatic carbocycles. The minimum Gasteiger partial charge on any atom is -0.480 e. The molecular formula is C40H36N2O5. The van der Waals surface area contributed by atoms with E-state index in [1.807, 2.05) is 127 Å². The Morgan fingerprint density at radius 1 is 0.660 bits per heavy atom. The van der Waals surface area contributed by atoms with Crippen LogP contribution in [0.2, 0.25) is 0 Å². The molecule has 0 bridgehead atoms. The van der Waals surface area contributed by atoms with Gasteiger partial charge < -0.3 is 20.5 Å². The van der Waals surface area contributed by atoms with Gasteiger partial charge in [0, 0.05) is 12.3 Å². The van der Waals surface area contributed by atoms with Gasteiger partial charge in [-0.1, -0.05) is 140 Å². The molecule has 3 N–H and O–H groups in total. The van der Waals surface area contributed by atoms with Crippen LogP contribution in [-0.4, -0.2) is 35.7 Å². The third-order valence-electron chi connectivity index (χ3n) is 8.78. The number of carbonyl (C=O) groups is 3. The van der Waals surface area contributed by atoms with E-state index in [1.54, 1.807) is 0 Å². The Morgan fingerprint density at radius 3 is 1.57 bits per heavy atom. The van der Waals surface area contributed by atoms with E-state index in [2.05, 4.69) is 22.8 Å². The quantitative estimate of drug-likeness (QED) is 0.127. The molecule has 5 aromatic carbocycles. The number of amides is 2. The Kier molecular flexibility index (Phi) is 9.43. The van der Waals surface area contributed by atoms with Crippen LogP contribution in [0.1, 0.15) is 53.0 Å². The van der Waals surface area contributed by atoms with E-state index in [1.165, 1.54) is 0 Å². The fourth-order valence-electron chi connectivity index (χ4n) is 6.56. The van der Waals surface area contributed by atoms with Crippen LogP contribution in [0.3, 0.4) is 0 Å². The maximum atomic E-state index is 13.6. The third-order valence-corrected chi connectivity index (χ3v) is 8.78. The van der Waals surface area contributed by atoms with Crippen LogP contribution in [0.15, 0.2) is 140 Å². The van der Waals surface area contributed by atoms with Crippen LogP contribution in [-0.2, 0) is 19.9 Å². The number of hydrogen-bond donors (Lipinski definition) is 3. The molecule has 6 rings (SSSR count). The molecule has 1 unspecified atom stereocenters. The standard InChI is InChI=1S/C40H36N2O5/c43-37(42-40(28-15-4-1-5-16-28,29-17-6-2-7-18-29)30-19-8-3-9-20-30)26-14-25-36(38(44)45)41-39(46)47-27-35-33-23-12-10-21-31(33)32-22-11-13-24-34(32)35/h1-13,15-24,35-36H,14,25-27H2,(H,41,46)(H,42,43)(H,44,45). The molecule has 0 saturated carbocycles. The first kappa shape index (κ1) is 31.3. The number of fused-ring (bicyclic) bond motifs is 3. The van der Waals surface area contributed by atoms with Crippen LogP contribution in [0.5, 0.6) is 0 Å². The zero-order chi connectivity index (χ0) is 32.6. The third kappa shape index (κ3) is 6.65. The first-order chi connectivity index (χ1) is 23.0. The Labute approximate surface area is 274 Å². The highest BCUT2D eigenvalue weighted by molar-refractivity contribution is 5.82. The molecule has 7 nitrogen and oxygen atoms in total. The molecule has 0 aromatic heterocycles. The van der Waals surface area contributed by atoms with Crippen molar-refractivity contribution in [3.63, 3.8) is 0 Å². The summed E-state index contributed by atoms with van der Waals surface area (Å²) in [4.78, 5) is 38.6. The van der Waals surface area contributed by atoms with Crippen LogP contribution < -0.4 is 10.6 Å². The van der Waals surface area contributed by atoms with Crippen molar-refractivity contribution in [3.05, 3.63) is 167 Å². The van der Waals surface area contributed by atoms with Gasteiger partial charge in [-0.15, -0.1) is 0 Å². The van der Waals surface area contributed by atoms with Crippen molar-refractivity contribution in [3.8, 4) is 11.1 Å². The fraction of sp³-hybridized carbons (Fsp3) is 0.175. The smallest absolute Gasteiger partial charge is 0.407 e. The fourth-order valence-corrected chi connectivity index (χ4v) is 6.56. The molecule has 2 amide bonds. The van der Waals surface area contributed by atoms with E-state index in [0.717, 1.165) is 38.9 Å². The van der Waals surface area contributed by atoms with E-state index in [9.17, 15) is 19.5 Å². The van der Waals surface area contributed by atoms with Crippen LogP contribution in [0, 0.1) is 0 Å². The molecule has 0 spiro atoms. The van der Waals surface area contributed by atoms with Gasteiger partial charge in [0.25, 0.3) is 0 Å². The molecule has 47 heavy (non-hydrogen) atoms.